The Morgan fingerprint density at radius 3 is 2.40 bits per heavy atom. The summed E-state index contributed by atoms with van der Waals surface area (Å²) in [4.78, 5) is 61.6. The number of aromatic hydroxyl groups is 2. The monoisotopic (exact) mass is 794 g/mol. The zero-order valence-electron chi connectivity index (χ0n) is 30.1. The second kappa shape index (κ2) is 12.8. The first kappa shape index (κ1) is 35.7. The van der Waals surface area contributed by atoms with Gasteiger partial charge >= 0.3 is 0 Å². The molecule has 4 amide bonds. The highest BCUT2D eigenvalue weighted by molar-refractivity contribution is 7.22. The van der Waals surface area contributed by atoms with Crippen molar-refractivity contribution in [1.29, 1.82) is 0 Å². The van der Waals surface area contributed by atoms with Crippen molar-refractivity contribution in [3.8, 4) is 22.1 Å². The van der Waals surface area contributed by atoms with Crippen molar-refractivity contribution in [2.24, 2.45) is 36.1 Å². The summed E-state index contributed by atoms with van der Waals surface area (Å²) in [5, 5.41) is 26.7. The third-order valence-electron chi connectivity index (χ3n) is 12.4. The molecule has 9 rings (SSSR count). The van der Waals surface area contributed by atoms with Crippen molar-refractivity contribution in [3.63, 3.8) is 0 Å². The van der Waals surface area contributed by atoms with E-state index >= 15 is 4.79 Å². The summed E-state index contributed by atoms with van der Waals surface area (Å²) in [5.41, 5.74) is 2.55. The number of allylic oxidation sites excluding steroid dienone is 2. The van der Waals surface area contributed by atoms with Gasteiger partial charge in [0.05, 0.1) is 28.0 Å². The van der Waals surface area contributed by atoms with Crippen LogP contribution in [0.2, 0.25) is 10.0 Å². The molecule has 2 saturated heterocycles. The van der Waals surface area contributed by atoms with Crippen molar-refractivity contribution in [3.05, 3.63) is 105 Å². The molecule has 2 aromatic heterocycles. The van der Waals surface area contributed by atoms with Crippen LogP contribution in [0, 0.1) is 36.0 Å². The van der Waals surface area contributed by atoms with E-state index in [1.807, 2.05) is 31.2 Å². The van der Waals surface area contributed by atoms with E-state index in [1.165, 1.54) is 21.9 Å². The molecule has 3 aromatic carbocycles. The Bertz CT molecular complexity index is 2530. The van der Waals surface area contributed by atoms with Crippen LogP contribution in [0.5, 0.6) is 11.5 Å². The van der Waals surface area contributed by atoms with Crippen LogP contribution >= 0.6 is 34.5 Å². The molecule has 2 aliphatic carbocycles. The summed E-state index contributed by atoms with van der Waals surface area (Å²) in [6.45, 7) is 3.99. The number of thiophene rings is 1. The second-order valence-electron chi connectivity index (χ2n) is 15.3. The average molecular weight is 796 g/mol. The van der Waals surface area contributed by atoms with Crippen LogP contribution in [0.3, 0.4) is 0 Å². The highest BCUT2D eigenvalue weighted by Crippen LogP contribution is 2.64. The minimum atomic E-state index is -1.31. The molecule has 4 heterocycles. The number of nitrogens with zero attached hydrogens (tertiary/aromatic N) is 4. The number of hydrogen-bond donors (Lipinski definition) is 2. The van der Waals surface area contributed by atoms with Crippen molar-refractivity contribution in [2.75, 3.05) is 11.4 Å². The largest absolute Gasteiger partial charge is 0.508 e. The quantitative estimate of drug-likeness (QED) is 0.132. The molecular formula is C42H36Cl2N4O6S. The molecule has 0 radical (unpaired) electrons. The fourth-order valence-electron chi connectivity index (χ4n) is 9.73. The molecular weight excluding hydrogens is 759 g/mol. The zero-order valence-corrected chi connectivity index (χ0v) is 32.5. The van der Waals surface area contributed by atoms with Gasteiger partial charge in [-0.2, -0.15) is 5.10 Å². The lowest BCUT2D eigenvalue weighted by Crippen LogP contribution is -2.49. The molecule has 0 spiro atoms. The number of rotatable bonds is 6. The van der Waals surface area contributed by atoms with E-state index in [0.29, 0.717) is 34.9 Å². The summed E-state index contributed by atoms with van der Waals surface area (Å²) in [6.07, 6.45) is 2.91. The first-order valence-corrected chi connectivity index (χ1v) is 19.8. The van der Waals surface area contributed by atoms with E-state index in [1.54, 1.807) is 66.4 Å². The fourth-order valence-corrected chi connectivity index (χ4v) is 11.3. The van der Waals surface area contributed by atoms with Gasteiger partial charge in [-0.3, -0.25) is 28.8 Å². The van der Waals surface area contributed by atoms with Gasteiger partial charge in [0.1, 0.15) is 23.0 Å². The maximum atomic E-state index is 15.1. The number of hydrogen-bond acceptors (Lipinski definition) is 8. The highest BCUT2D eigenvalue weighted by atomic mass is 35.5. The molecule has 2 aliphatic heterocycles. The number of halogens is 2. The van der Waals surface area contributed by atoms with Crippen LogP contribution in [0.4, 0.5) is 5.82 Å². The molecule has 6 atom stereocenters. The average Bonchev–Trinajstić information content (AvgIpc) is 3.82. The zero-order chi connectivity index (χ0) is 38.7. The summed E-state index contributed by atoms with van der Waals surface area (Å²) in [6, 6.07) is 18.8. The summed E-state index contributed by atoms with van der Waals surface area (Å²) >= 11 is 14.7. The molecule has 10 nitrogen and oxygen atoms in total. The van der Waals surface area contributed by atoms with Gasteiger partial charge in [0.15, 0.2) is 0 Å². The predicted octanol–water partition coefficient (Wildman–Crippen LogP) is 7.80. The number of carbonyl (C=O) groups is 4. The van der Waals surface area contributed by atoms with Gasteiger partial charge in [-0.05, 0) is 104 Å². The minimum Gasteiger partial charge on any atom is -0.508 e. The summed E-state index contributed by atoms with van der Waals surface area (Å²) in [5.74, 6) is -4.29. The Balaban J connectivity index is 1.11. The standard InChI is InChI=1S/C42H36Cl2N4O6S/c1-20-28-16-22(43)6-13-33(28)55-37(20)32-19-34(46(3)45-32)48-39(52)30-18-29-25(36(42(30,2)41(48)54)26-10-9-24(50)17-31(26)44)11-12-27-35(29)40(53)47(38(27)51)15-14-21-4-7-23(49)8-5-21/h4-11,13,16-17,19,27,29-30,35-36,49-50H,12,14-15,18H2,1-3H3. The number of phenols is 2. The lowest BCUT2D eigenvalue weighted by molar-refractivity contribution is -0.140. The van der Waals surface area contributed by atoms with E-state index < -0.39 is 46.8 Å². The van der Waals surface area contributed by atoms with Gasteiger partial charge in [-0.25, -0.2) is 4.90 Å². The van der Waals surface area contributed by atoms with Gasteiger partial charge in [0.25, 0.3) is 0 Å². The number of carbonyl (C=O) groups excluding carboxylic acids is 4. The Kier molecular flexibility index (Phi) is 8.31. The van der Waals surface area contributed by atoms with Crippen molar-refractivity contribution in [1.82, 2.24) is 14.7 Å². The highest BCUT2D eigenvalue weighted by Gasteiger charge is 2.68. The number of aromatic nitrogens is 2. The van der Waals surface area contributed by atoms with E-state index in [2.05, 4.69) is 0 Å². The van der Waals surface area contributed by atoms with Gasteiger partial charge in [-0.15, -0.1) is 11.3 Å². The fraction of sp³-hybridized carbons (Fsp3) is 0.310. The lowest BCUT2D eigenvalue weighted by atomic mass is 9.51. The molecule has 4 aliphatic rings. The van der Waals surface area contributed by atoms with Crippen molar-refractivity contribution in [2.45, 2.75) is 39.0 Å². The van der Waals surface area contributed by atoms with E-state index in [-0.39, 0.29) is 41.3 Å². The molecule has 6 unspecified atom stereocenters. The SMILES string of the molecule is Cc1c(-c2cc(N3C(=O)C4CC5C(=CCC6C(=O)N(CCc7ccc(O)cc7)C(=O)C65)C(c5ccc(O)cc5Cl)C4(C)C3=O)n(C)n2)sc2ccc(Cl)cc12. The molecule has 13 heteroatoms. The van der Waals surface area contributed by atoms with Crippen LogP contribution in [0.15, 0.2) is 78.4 Å². The third kappa shape index (κ3) is 5.30. The number of anilines is 1. The maximum absolute atomic E-state index is 15.1. The Morgan fingerprint density at radius 1 is 0.909 bits per heavy atom. The van der Waals surface area contributed by atoms with Gasteiger partial charge in [-0.1, -0.05) is 53.1 Å². The van der Waals surface area contributed by atoms with Crippen LogP contribution in [0.25, 0.3) is 20.7 Å². The lowest BCUT2D eigenvalue weighted by Gasteiger charge is -2.49. The second-order valence-corrected chi connectivity index (χ2v) is 17.2. The number of likely N-dealkylation sites (tertiary alicyclic amines) is 1. The minimum absolute atomic E-state index is 0.0435. The van der Waals surface area contributed by atoms with Crippen molar-refractivity contribution >= 4 is 74.1 Å². The number of phenolic OH excluding ortho intramolecular Hbond substituents is 2. The van der Waals surface area contributed by atoms with Gasteiger partial charge in [0.2, 0.25) is 23.6 Å². The predicted molar refractivity (Wildman–Crippen MR) is 210 cm³/mol. The van der Waals surface area contributed by atoms with Crippen LogP contribution in [0.1, 0.15) is 42.4 Å². The van der Waals surface area contributed by atoms with Crippen molar-refractivity contribution < 1.29 is 29.4 Å². The first-order chi connectivity index (χ1) is 26.3. The topological polar surface area (TPSA) is 133 Å². The molecule has 1 saturated carbocycles. The maximum Gasteiger partial charge on any atom is 0.242 e. The van der Waals surface area contributed by atoms with Gasteiger partial charge < -0.3 is 10.2 Å². The Hall–Kier alpha value is -4.97. The normalized spacial score (nSPS) is 26.1. The Morgan fingerprint density at radius 2 is 1.65 bits per heavy atom. The number of amides is 4. The summed E-state index contributed by atoms with van der Waals surface area (Å²) < 4.78 is 2.59. The van der Waals surface area contributed by atoms with Gasteiger partial charge in [0, 0.05) is 40.3 Å². The third-order valence-corrected chi connectivity index (χ3v) is 14.3. The number of benzene rings is 3. The van der Waals surface area contributed by atoms with E-state index in [4.69, 9.17) is 28.3 Å². The van der Waals surface area contributed by atoms with E-state index in [0.717, 1.165) is 31.7 Å². The molecule has 5 aromatic rings. The number of aryl methyl sites for hydroxylation is 2. The van der Waals surface area contributed by atoms with Crippen LogP contribution < -0.4 is 4.90 Å². The number of imide groups is 2. The first-order valence-electron chi connectivity index (χ1n) is 18.2. The van der Waals surface area contributed by atoms with Crippen LogP contribution in [-0.2, 0) is 32.6 Å². The molecule has 55 heavy (non-hydrogen) atoms. The smallest absolute Gasteiger partial charge is 0.242 e. The molecule has 280 valence electrons. The Labute approximate surface area is 330 Å². The van der Waals surface area contributed by atoms with Crippen LogP contribution in [-0.4, -0.2) is 55.1 Å². The molecule has 2 N–H and O–H groups in total. The van der Waals surface area contributed by atoms with E-state index in [9.17, 15) is 24.6 Å². The number of fused-ring (bicyclic) bond motifs is 5. The molecule has 0 bridgehead atoms. The molecule has 3 fully saturated rings. The summed E-state index contributed by atoms with van der Waals surface area (Å²) in [7, 11) is 1.71.